The van der Waals surface area contributed by atoms with Crippen molar-refractivity contribution in [1.29, 1.82) is 0 Å². The molecule has 40 heavy (non-hydrogen) atoms. The third-order valence-corrected chi connectivity index (χ3v) is 6.05. The molecule has 0 amide bonds. The van der Waals surface area contributed by atoms with Gasteiger partial charge in [0, 0.05) is 29.3 Å². The van der Waals surface area contributed by atoms with E-state index in [0.29, 0.717) is 16.9 Å². The van der Waals surface area contributed by atoms with Crippen molar-refractivity contribution < 1.29 is 29.0 Å². The number of nitrogens with zero attached hydrogens (tertiary/aromatic N) is 4. The van der Waals surface area contributed by atoms with Crippen molar-refractivity contribution in [1.82, 2.24) is 14.8 Å². The predicted molar refractivity (Wildman–Crippen MR) is 146 cm³/mol. The SMILES string of the molecule is COC(=O)c1ccc(N(c2ccc(C(=O)OC)cc2)c2c(C(C)=O)c(-c3cccnc3)nn(CCO)c2=O)cc1. The Balaban J connectivity index is 2.07. The zero-order valence-corrected chi connectivity index (χ0v) is 22.0. The van der Waals surface area contributed by atoms with Gasteiger partial charge in [0.15, 0.2) is 5.78 Å². The number of benzene rings is 2. The molecule has 0 aliphatic heterocycles. The molecular weight excluding hydrogens is 516 g/mol. The molecule has 0 radical (unpaired) electrons. The zero-order chi connectivity index (χ0) is 28.8. The molecule has 0 saturated heterocycles. The average molecular weight is 543 g/mol. The number of hydrogen-bond acceptors (Lipinski definition) is 10. The average Bonchev–Trinajstić information content (AvgIpc) is 2.99. The number of esters is 2. The van der Waals surface area contributed by atoms with Crippen LogP contribution in [-0.4, -0.2) is 58.4 Å². The van der Waals surface area contributed by atoms with Crippen LogP contribution in [-0.2, 0) is 16.0 Å². The molecule has 0 fully saturated rings. The maximum Gasteiger partial charge on any atom is 0.337 e. The van der Waals surface area contributed by atoms with Gasteiger partial charge in [0.05, 0.1) is 44.1 Å². The maximum atomic E-state index is 13.9. The van der Waals surface area contributed by atoms with Crippen LogP contribution in [0.5, 0.6) is 0 Å². The Labute approximate surface area is 229 Å². The summed E-state index contributed by atoms with van der Waals surface area (Å²) in [6.07, 6.45) is 3.09. The minimum atomic E-state index is -0.638. The second kappa shape index (κ2) is 12.1. The fourth-order valence-corrected chi connectivity index (χ4v) is 4.19. The van der Waals surface area contributed by atoms with Gasteiger partial charge in [-0.25, -0.2) is 14.3 Å². The lowest BCUT2D eigenvalue weighted by atomic mass is 10.0. The lowest BCUT2D eigenvalue weighted by molar-refractivity contribution is 0.0592. The monoisotopic (exact) mass is 542 g/mol. The predicted octanol–water partition coefficient (Wildman–Crippen LogP) is 3.54. The Morgan fingerprint density at radius 2 is 1.45 bits per heavy atom. The van der Waals surface area contributed by atoms with Gasteiger partial charge in [-0.15, -0.1) is 0 Å². The highest BCUT2D eigenvalue weighted by molar-refractivity contribution is 6.06. The largest absolute Gasteiger partial charge is 0.465 e. The van der Waals surface area contributed by atoms with Gasteiger partial charge in [-0.1, -0.05) is 0 Å². The van der Waals surface area contributed by atoms with Crippen LogP contribution in [0.4, 0.5) is 17.1 Å². The van der Waals surface area contributed by atoms with Crippen LogP contribution < -0.4 is 10.5 Å². The number of aromatic nitrogens is 3. The molecule has 11 heteroatoms. The number of carbonyl (C=O) groups is 3. The first-order chi connectivity index (χ1) is 19.3. The maximum absolute atomic E-state index is 13.9. The van der Waals surface area contributed by atoms with E-state index in [9.17, 15) is 24.3 Å². The van der Waals surface area contributed by atoms with E-state index in [1.165, 1.54) is 56.5 Å². The normalized spacial score (nSPS) is 10.6. The van der Waals surface area contributed by atoms with E-state index in [2.05, 4.69) is 10.1 Å². The molecule has 0 unspecified atom stereocenters. The molecule has 0 atom stereocenters. The van der Waals surface area contributed by atoms with Crippen molar-refractivity contribution in [2.24, 2.45) is 0 Å². The van der Waals surface area contributed by atoms with Gasteiger partial charge in [0.1, 0.15) is 11.4 Å². The quantitative estimate of drug-likeness (QED) is 0.247. The lowest BCUT2D eigenvalue weighted by Crippen LogP contribution is -2.33. The Bertz CT molecular complexity index is 1540. The van der Waals surface area contributed by atoms with Crippen molar-refractivity contribution >= 4 is 34.8 Å². The van der Waals surface area contributed by atoms with Gasteiger partial charge in [-0.2, -0.15) is 5.10 Å². The van der Waals surface area contributed by atoms with E-state index in [1.54, 1.807) is 42.6 Å². The Morgan fingerprint density at radius 1 is 0.900 bits per heavy atom. The van der Waals surface area contributed by atoms with Crippen molar-refractivity contribution in [3.05, 3.63) is 100 Å². The summed E-state index contributed by atoms with van der Waals surface area (Å²) in [5.41, 5.74) is 1.46. The molecule has 2 aromatic carbocycles. The third-order valence-electron chi connectivity index (χ3n) is 6.05. The molecule has 4 aromatic rings. The standard InChI is InChI=1S/C29H26N4O7/c1-18(35)24-25(21-5-4-14-30-17-21)31-32(15-16-34)27(36)26(24)33(22-10-6-19(7-11-22)28(37)39-2)23-12-8-20(9-13-23)29(38)40-3/h4-14,17,34H,15-16H2,1-3H3. The van der Waals surface area contributed by atoms with Gasteiger partial charge in [-0.05, 0) is 67.6 Å². The summed E-state index contributed by atoms with van der Waals surface area (Å²) in [5.74, 6) is -1.52. The van der Waals surface area contributed by atoms with E-state index >= 15 is 0 Å². The van der Waals surface area contributed by atoms with E-state index in [4.69, 9.17) is 9.47 Å². The number of ketones is 1. The van der Waals surface area contributed by atoms with Gasteiger partial charge in [-0.3, -0.25) is 14.6 Å². The van der Waals surface area contributed by atoms with E-state index in [1.807, 2.05) is 0 Å². The first kappa shape index (κ1) is 27.9. The Hall–Kier alpha value is -5.16. The number of Topliss-reactive ketones (excluding diaryl/α,β-unsaturated/α-hetero) is 1. The Morgan fingerprint density at radius 3 is 1.88 bits per heavy atom. The van der Waals surface area contributed by atoms with Crippen LogP contribution in [0.25, 0.3) is 11.3 Å². The van der Waals surface area contributed by atoms with Crippen molar-refractivity contribution in [3.8, 4) is 11.3 Å². The molecule has 0 aliphatic rings. The van der Waals surface area contributed by atoms with E-state index in [-0.39, 0.29) is 41.2 Å². The molecule has 0 aliphatic carbocycles. The molecular formula is C29H26N4O7. The molecule has 0 bridgehead atoms. The van der Waals surface area contributed by atoms with Gasteiger partial charge >= 0.3 is 11.9 Å². The first-order valence-electron chi connectivity index (χ1n) is 12.1. The van der Waals surface area contributed by atoms with Crippen LogP contribution in [0.15, 0.2) is 77.9 Å². The number of pyridine rings is 1. The van der Waals surface area contributed by atoms with Crippen LogP contribution in [0, 0.1) is 0 Å². The zero-order valence-electron chi connectivity index (χ0n) is 22.0. The number of aliphatic hydroxyl groups excluding tert-OH is 1. The topological polar surface area (TPSA) is 141 Å². The smallest absolute Gasteiger partial charge is 0.337 e. The number of methoxy groups -OCH3 is 2. The summed E-state index contributed by atoms with van der Waals surface area (Å²) in [4.78, 5) is 56.9. The highest BCUT2D eigenvalue weighted by Gasteiger charge is 2.28. The minimum absolute atomic E-state index is 0.0290. The van der Waals surface area contributed by atoms with Gasteiger partial charge < -0.3 is 19.5 Å². The number of hydrogen-bond donors (Lipinski definition) is 1. The second-order valence-corrected chi connectivity index (χ2v) is 8.53. The number of anilines is 3. The number of aliphatic hydroxyl groups is 1. The van der Waals surface area contributed by atoms with Crippen molar-refractivity contribution in [2.75, 3.05) is 25.7 Å². The molecule has 0 saturated carbocycles. The highest BCUT2D eigenvalue weighted by Crippen LogP contribution is 2.37. The first-order valence-corrected chi connectivity index (χ1v) is 12.1. The number of carbonyl (C=O) groups excluding carboxylic acids is 3. The van der Waals surface area contributed by atoms with Gasteiger partial charge in [0.2, 0.25) is 0 Å². The summed E-state index contributed by atoms with van der Waals surface area (Å²) in [6.45, 7) is 0.822. The summed E-state index contributed by atoms with van der Waals surface area (Å²) in [6, 6.07) is 15.9. The highest BCUT2D eigenvalue weighted by atomic mass is 16.5. The molecule has 0 spiro atoms. The van der Waals surface area contributed by atoms with Gasteiger partial charge in [0.25, 0.3) is 5.56 Å². The lowest BCUT2D eigenvalue weighted by Gasteiger charge is -2.28. The number of rotatable bonds is 9. The second-order valence-electron chi connectivity index (χ2n) is 8.53. The summed E-state index contributed by atoms with van der Waals surface area (Å²) < 4.78 is 10.7. The summed E-state index contributed by atoms with van der Waals surface area (Å²) in [5, 5.41) is 14.1. The third kappa shape index (κ3) is 5.49. The molecule has 11 nitrogen and oxygen atoms in total. The molecule has 2 aromatic heterocycles. The fraction of sp³-hybridized carbons (Fsp3) is 0.172. The van der Waals surface area contributed by atoms with Crippen LogP contribution in [0.3, 0.4) is 0 Å². The minimum Gasteiger partial charge on any atom is -0.465 e. The van der Waals surface area contributed by atoms with E-state index in [0.717, 1.165) is 4.68 Å². The summed E-state index contributed by atoms with van der Waals surface area (Å²) in [7, 11) is 2.54. The van der Waals surface area contributed by atoms with E-state index < -0.39 is 23.3 Å². The number of ether oxygens (including phenoxy) is 2. The van der Waals surface area contributed by atoms with Crippen LogP contribution in [0.1, 0.15) is 38.0 Å². The van der Waals surface area contributed by atoms with Crippen LogP contribution in [0.2, 0.25) is 0 Å². The van der Waals surface area contributed by atoms with Crippen LogP contribution >= 0.6 is 0 Å². The fourth-order valence-electron chi connectivity index (χ4n) is 4.19. The van der Waals surface area contributed by atoms with Crippen molar-refractivity contribution in [2.45, 2.75) is 13.5 Å². The molecule has 2 heterocycles. The molecule has 204 valence electrons. The summed E-state index contributed by atoms with van der Waals surface area (Å²) >= 11 is 0. The Kier molecular flexibility index (Phi) is 8.45. The molecule has 4 rings (SSSR count). The molecule has 1 N–H and O–H groups in total. The van der Waals surface area contributed by atoms with Crippen molar-refractivity contribution in [3.63, 3.8) is 0 Å².